The van der Waals surface area contributed by atoms with Crippen molar-refractivity contribution in [2.75, 3.05) is 4.90 Å². The normalized spacial score (nSPS) is 17.4. The monoisotopic (exact) mass is 284 g/mol. The summed E-state index contributed by atoms with van der Waals surface area (Å²) in [5.74, 6) is 0. The van der Waals surface area contributed by atoms with E-state index in [1.165, 1.54) is 0 Å². The molecule has 1 unspecified atom stereocenters. The molecule has 4 nitrogen and oxygen atoms in total. The zero-order valence-corrected chi connectivity index (χ0v) is 11.4. The third-order valence-electron chi connectivity index (χ3n) is 3.12. The first kappa shape index (κ1) is 12.7. The van der Waals surface area contributed by atoms with Gasteiger partial charge in [0.2, 0.25) is 0 Å². The molecule has 1 atom stereocenters. The Hall–Kier alpha value is -2.27. The highest BCUT2D eigenvalue weighted by Crippen LogP contribution is 2.41. The van der Waals surface area contributed by atoms with E-state index in [0.717, 1.165) is 11.3 Å². The van der Waals surface area contributed by atoms with Gasteiger partial charge in [0.25, 0.3) is 5.69 Å². The number of benzene rings is 2. The minimum absolute atomic E-state index is 0.121. The van der Waals surface area contributed by atoms with Gasteiger partial charge in [-0.3, -0.25) is 10.1 Å². The van der Waals surface area contributed by atoms with Gasteiger partial charge in [-0.15, -0.1) is 11.8 Å². The lowest BCUT2D eigenvalue weighted by molar-refractivity contribution is -0.384. The highest BCUT2D eigenvalue weighted by Gasteiger charge is 2.23. The summed E-state index contributed by atoms with van der Waals surface area (Å²) < 4.78 is 0. The molecule has 100 valence electrons. The molecule has 0 aliphatic carbocycles. The summed E-state index contributed by atoms with van der Waals surface area (Å²) in [5.41, 5.74) is 2.28. The smallest absolute Gasteiger partial charge is 0.269 e. The van der Waals surface area contributed by atoms with Crippen LogP contribution in [0.25, 0.3) is 0 Å². The van der Waals surface area contributed by atoms with Crippen LogP contribution in [0, 0.1) is 10.1 Å². The van der Waals surface area contributed by atoms with Crippen molar-refractivity contribution < 1.29 is 4.92 Å². The van der Waals surface area contributed by atoms with Crippen LogP contribution >= 0.6 is 11.8 Å². The molecule has 0 fully saturated rings. The number of rotatable bonds is 3. The number of nitro groups is 1. The predicted molar refractivity (Wildman–Crippen MR) is 81.5 cm³/mol. The maximum Gasteiger partial charge on any atom is 0.269 e. The third kappa shape index (κ3) is 2.40. The molecule has 3 rings (SSSR count). The molecule has 1 aliphatic heterocycles. The average molecular weight is 284 g/mol. The molecule has 0 saturated heterocycles. The second-order valence-corrected chi connectivity index (χ2v) is 5.36. The van der Waals surface area contributed by atoms with Gasteiger partial charge in [-0.05, 0) is 35.2 Å². The zero-order valence-electron chi connectivity index (χ0n) is 10.5. The van der Waals surface area contributed by atoms with Crippen LogP contribution in [0.2, 0.25) is 0 Å². The van der Waals surface area contributed by atoms with Crippen molar-refractivity contribution in [1.29, 1.82) is 0 Å². The summed E-state index contributed by atoms with van der Waals surface area (Å²) in [6.07, 6.45) is 2.03. The van der Waals surface area contributed by atoms with Crippen LogP contribution in [0.4, 0.5) is 11.4 Å². The molecule has 1 heterocycles. The Bertz CT molecular complexity index is 641. The van der Waals surface area contributed by atoms with E-state index in [4.69, 9.17) is 0 Å². The maximum atomic E-state index is 10.7. The number of thioether (sulfide) groups is 1. The number of non-ortho nitro benzene ring substituents is 1. The molecule has 0 saturated carbocycles. The van der Waals surface area contributed by atoms with Crippen molar-refractivity contribution in [3.05, 3.63) is 81.9 Å². The Morgan fingerprint density at radius 1 is 1.05 bits per heavy atom. The van der Waals surface area contributed by atoms with Crippen molar-refractivity contribution in [2.24, 2.45) is 0 Å². The molecule has 0 radical (unpaired) electrons. The van der Waals surface area contributed by atoms with Gasteiger partial charge in [0, 0.05) is 24.0 Å². The topological polar surface area (TPSA) is 46.4 Å². The van der Waals surface area contributed by atoms with E-state index >= 15 is 0 Å². The summed E-state index contributed by atoms with van der Waals surface area (Å²) in [4.78, 5) is 12.5. The van der Waals surface area contributed by atoms with Crippen molar-refractivity contribution in [3.63, 3.8) is 0 Å². The van der Waals surface area contributed by atoms with Gasteiger partial charge in [0.1, 0.15) is 5.37 Å². The number of para-hydroxylation sites is 1. The number of nitrogens with zero attached hydrogens (tertiary/aromatic N) is 2. The molecule has 2 aromatic rings. The summed E-state index contributed by atoms with van der Waals surface area (Å²) in [5, 5.41) is 12.9. The van der Waals surface area contributed by atoms with Gasteiger partial charge in [0.05, 0.1) is 4.92 Å². The van der Waals surface area contributed by atoms with Gasteiger partial charge in [-0.1, -0.05) is 18.2 Å². The van der Waals surface area contributed by atoms with Gasteiger partial charge in [0.15, 0.2) is 0 Å². The lowest BCUT2D eigenvalue weighted by atomic mass is 10.2. The van der Waals surface area contributed by atoms with E-state index in [9.17, 15) is 10.1 Å². The Morgan fingerprint density at radius 2 is 1.75 bits per heavy atom. The quantitative estimate of drug-likeness (QED) is 0.622. The van der Waals surface area contributed by atoms with Gasteiger partial charge in [-0.25, -0.2) is 0 Å². The maximum absolute atomic E-state index is 10.7. The Balaban J connectivity index is 1.88. The van der Waals surface area contributed by atoms with Crippen molar-refractivity contribution in [2.45, 2.75) is 5.37 Å². The summed E-state index contributed by atoms with van der Waals surface area (Å²) in [7, 11) is 0. The van der Waals surface area contributed by atoms with Crippen LogP contribution in [0.5, 0.6) is 0 Å². The van der Waals surface area contributed by atoms with Crippen LogP contribution in [0.15, 0.2) is 66.2 Å². The molecule has 0 bridgehead atoms. The van der Waals surface area contributed by atoms with Crippen LogP contribution < -0.4 is 4.90 Å². The number of nitro benzene ring substituents is 1. The fraction of sp³-hybridized carbons (Fsp3) is 0.0667. The first-order chi connectivity index (χ1) is 9.75. The lowest BCUT2D eigenvalue weighted by Crippen LogP contribution is -2.16. The zero-order chi connectivity index (χ0) is 13.9. The number of anilines is 1. The molecule has 20 heavy (non-hydrogen) atoms. The molecule has 0 spiro atoms. The van der Waals surface area contributed by atoms with Crippen LogP contribution in [0.1, 0.15) is 10.9 Å². The number of hydrogen-bond acceptors (Lipinski definition) is 4. The fourth-order valence-electron chi connectivity index (χ4n) is 2.14. The first-order valence-corrected chi connectivity index (χ1v) is 7.10. The second kappa shape index (κ2) is 5.38. The Morgan fingerprint density at radius 3 is 2.40 bits per heavy atom. The first-order valence-electron chi connectivity index (χ1n) is 6.15. The minimum Gasteiger partial charge on any atom is -0.331 e. The Kier molecular flexibility index (Phi) is 3.43. The van der Waals surface area contributed by atoms with E-state index < -0.39 is 0 Å². The molecular weight excluding hydrogens is 272 g/mol. The predicted octanol–water partition coefficient (Wildman–Crippen LogP) is 4.32. The Labute approximate surface area is 120 Å². The SMILES string of the molecule is O=[N+]([O-])c1ccc(C2SC=CN2c2ccccc2)cc1. The molecule has 0 amide bonds. The standard InChI is InChI=1S/C15H12N2O2S/c18-17(19)14-8-6-12(7-9-14)15-16(10-11-20-15)13-4-2-1-3-5-13/h1-11,15H. The second-order valence-electron chi connectivity index (χ2n) is 4.37. The van der Waals surface area contributed by atoms with Gasteiger partial charge >= 0.3 is 0 Å². The largest absolute Gasteiger partial charge is 0.331 e. The molecule has 5 heteroatoms. The van der Waals surface area contributed by atoms with Crippen LogP contribution in [-0.4, -0.2) is 4.92 Å². The fourth-order valence-corrected chi connectivity index (χ4v) is 3.13. The summed E-state index contributed by atoms with van der Waals surface area (Å²) in [6.45, 7) is 0. The molecular formula is C15H12N2O2S. The van der Waals surface area contributed by atoms with Crippen LogP contribution in [-0.2, 0) is 0 Å². The van der Waals surface area contributed by atoms with E-state index in [1.807, 2.05) is 41.9 Å². The van der Waals surface area contributed by atoms with E-state index in [1.54, 1.807) is 23.9 Å². The third-order valence-corrected chi connectivity index (χ3v) is 4.16. The number of hydrogen-bond donors (Lipinski definition) is 0. The van der Waals surface area contributed by atoms with E-state index in [-0.39, 0.29) is 16.0 Å². The van der Waals surface area contributed by atoms with Crippen molar-refractivity contribution in [1.82, 2.24) is 0 Å². The van der Waals surface area contributed by atoms with Crippen molar-refractivity contribution >= 4 is 23.1 Å². The summed E-state index contributed by atoms with van der Waals surface area (Å²) >= 11 is 1.69. The van der Waals surface area contributed by atoms with Gasteiger partial charge in [-0.2, -0.15) is 0 Å². The highest BCUT2D eigenvalue weighted by atomic mass is 32.2. The average Bonchev–Trinajstić information content (AvgIpc) is 2.97. The van der Waals surface area contributed by atoms with E-state index in [2.05, 4.69) is 17.0 Å². The highest BCUT2D eigenvalue weighted by molar-refractivity contribution is 8.02. The molecule has 2 aromatic carbocycles. The van der Waals surface area contributed by atoms with E-state index in [0.29, 0.717) is 0 Å². The van der Waals surface area contributed by atoms with Crippen molar-refractivity contribution in [3.8, 4) is 0 Å². The lowest BCUT2D eigenvalue weighted by Gasteiger charge is -2.25. The minimum atomic E-state index is -0.376. The van der Waals surface area contributed by atoms with Crippen LogP contribution in [0.3, 0.4) is 0 Å². The summed E-state index contributed by atoms with van der Waals surface area (Å²) in [6, 6.07) is 16.8. The van der Waals surface area contributed by atoms with Gasteiger partial charge < -0.3 is 4.90 Å². The molecule has 1 aliphatic rings. The molecule has 0 aromatic heterocycles. The molecule has 0 N–H and O–H groups in total.